The standard InChI is InChI=1S/C25H41F3N4O4/c1-14(12-15-8-9-23(5,6)32-18(15)33)29-19(34)16(13-24(7)10-11-24)30-20(35)17(22(2,3)4)31-21(36)25(26,27)28/h14-17H,8-13H2,1-7H3,(H,29,34)(H,30,35)(H,31,36)(H,32,33)/t14-,15+,16+,17-/m1/s1. The Labute approximate surface area is 211 Å². The van der Waals surface area contributed by atoms with Crippen molar-refractivity contribution in [2.75, 3.05) is 0 Å². The number of carbonyl (C=O) groups excluding carboxylic acids is 4. The first-order valence-electron chi connectivity index (χ1n) is 12.5. The van der Waals surface area contributed by atoms with Gasteiger partial charge < -0.3 is 21.3 Å². The van der Waals surface area contributed by atoms with Crippen LogP contribution in [0.15, 0.2) is 0 Å². The van der Waals surface area contributed by atoms with Crippen molar-refractivity contribution >= 4 is 23.6 Å². The van der Waals surface area contributed by atoms with Gasteiger partial charge in [-0.3, -0.25) is 19.2 Å². The first-order valence-corrected chi connectivity index (χ1v) is 12.5. The molecular formula is C25H41F3N4O4. The van der Waals surface area contributed by atoms with Crippen molar-refractivity contribution in [2.45, 2.75) is 117 Å². The molecule has 4 atom stereocenters. The number of halogens is 3. The van der Waals surface area contributed by atoms with E-state index in [1.807, 2.05) is 20.8 Å². The lowest BCUT2D eigenvalue weighted by Crippen LogP contribution is -2.60. The maximum absolute atomic E-state index is 13.2. The average molecular weight is 519 g/mol. The SMILES string of the molecule is C[C@H](C[C@@H]1CCC(C)(C)NC1=O)NC(=O)[C@H](CC1(C)CC1)NC(=O)[C@@H](NC(=O)C(F)(F)F)C(C)(C)C. The fourth-order valence-electron chi connectivity index (χ4n) is 4.48. The minimum Gasteiger partial charge on any atom is -0.352 e. The number of rotatable bonds is 9. The molecule has 0 aromatic carbocycles. The van der Waals surface area contributed by atoms with E-state index >= 15 is 0 Å². The van der Waals surface area contributed by atoms with Crippen LogP contribution < -0.4 is 21.3 Å². The number of hydrogen-bond acceptors (Lipinski definition) is 4. The Hall–Kier alpha value is -2.33. The summed E-state index contributed by atoms with van der Waals surface area (Å²) in [6.45, 7) is 12.3. The van der Waals surface area contributed by atoms with Gasteiger partial charge in [0.2, 0.25) is 17.7 Å². The van der Waals surface area contributed by atoms with Gasteiger partial charge in [-0.2, -0.15) is 13.2 Å². The van der Waals surface area contributed by atoms with Gasteiger partial charge in [-0.15, -0.1) is 0 Å². The molecule has 1 saturated carbocycles. The zero-order chi connectivity index (χ0) is 27.7. The molecule has 0 unspecified atom stereocenters. The first-order chi connectivity index (χ1) is 16.2. The molecule has 0 aromatic rings. The minimum absolute atomic E-state index is 0.0591. The fraction of sp³-hybridized carbons (Fsp3) is 0.840. The molecule has 0 bridgehead atoms. The fourth-order valence-corrected chi connectivity index (χ4v) is 4.48. The highest BCUT2D eigenvalue weighted by atomic mass is 19.4. The quantitative estimate of drug-likeness (QED) is 0.376. The molecule has 36 heavy (non-hydrogen) atoms. The Bertz CT molecular complexity index is 862. The molecule has 2 rings (SSSR count). The number of nitrogens with one attached hydrogen (secondary N) is 4. The molecule has 2 aliphatic rings. The maximum atomic E-state index is 13.2. The van der Waals surface area contributed by atoms with Crippen LogP contribution in [0.3, 0.4) is 0 Å². The summed E-state index contributed by atoms with van der Waals surface area (Å²) in [5.41, 5.74) is -1.45. The topological polar surface area (TPSA) is 116 Å². The second kappa shape index (κ2) is 10.6. The first kappa shape index (κ1) is 29.9. The number of hydrogen-bond donors (Lipinski definition) is 4. The molecule has 1 aliphatic heterocycles. The van der Waals surface area contributed by atoms with E-state index in [2.05, 4.69) is 16.0 Å². The zero-order valence-corrected chi connectivity index (χ0v) is 22.3. The van der Waals surface area contributed by atoms with E-state index in [-0.39, 0.29) is 28.8 Å². The monoisotopic (exact) mass is 518 g/mol. The number of piperidine rings is 1. The smallest absolute Gasteiger partial charge is 0.352 e. The Kier molecular flexibility index (Phi) is 8.78. The summed E-state index contributed by atoms with van der Waals surface area (Å²) < 4.78 is 38.6. The van der Waals surface area contributed by atoms with Crippen molar-refractivity contribution in [2.24, 2.45) is 16.7 Å². The van der Waals surface area contributed by atoms with E-state index < -0.39 is 41.4 Å². The molecule has 0 radical (unpaired) electrons. The van der Waals surface area contributed by atoms with Crippen LogP contribution in [-0.2, 0) is 19.2 Å². The predicted octanol–water partition coefficient (Wildman–Crippen LogP) is 2.95. The van der Waals surface area contributed by atoms with Crippen LogP contribution in [0, 0.1) is 16.7 Å². The van der Waals surface area contributed by atoms with E-state index in [4.69, 9.17) is 0 Å². The molecule has 0 aromatic heterocycles. The normalized spacial score (nSPS) is 23.5. The van der Waals surface area contributed by atoms with Crippen molar-refractivity contribution in [3.8, 4) is 0 Å². The zero-order valence-electron chi connectivity index (χ0n) is 22.3. The Morgan fingerprint density at radius 1 is 1.00 bits per heavy atom. The Balaban J connectivity index is 2.09. The van der Waals surface area contributed by atoms with Crippen LogP contribution in [0.1, 0.15) is 87.0 Å². The summed E-state index contributed by atoms with van der Waals surface area (Å²) >= 11 is 0. The minimum atomic E-state index is -5.14. The molecule has 1 saturated heterocycles. The second-order valence-electron chi connectivity index (χ2n) is 12.6. The van der Waals surface area contributed by atoms with Gasteiger partial charge in [-0.05, 0) is 70.1 Å². The Morgan fingerprint density at radius 2 is 1.58 bits per heavy atom. The molecule has 1 aliphatic carbocycles. The van der Waals surface area contributed by atoms with E-state index in [9.17, 15) is 32.3 Å². The van der Waals surface area contributed by atoms with E-state index in [0.29, 0.717) is 19.3 Å². The summed E-state index contributed by atoms with van der Waals surface area (Å²) in [6, 6.07) is -2.84. The third-order valence-electron chi connectivity index (χ3n) is 7.07. The molecule has 206 valence electrons. The summed E-state index contributed by atoms with van der Waals surface area (Å²) in [4.78, 5) is 50.2. The van der Waals surface area contributed by atoms with Gasteiger partial charge in [0.05, 0.1) is 0 Å². The number of carbonyl (C=O) groups is 4. The lowest BCUT2D eigenvalue weighted by Gasteiger charge is -2.36. The van der Waals surface area contributed by atoms with Crippen molar-refractivity contribution in [3.05, 3.63) is 0 Å². The number of alkyl halides is 3. The molecule has 4 N–H and O–H groups in total. The molecule has 1 heterocycles. The summed E-state index contributed by atoms with van der Waals surface area (Å²) in [5.74, 6) is -3.84. The highest BCUT2D eigenvalue weighted by molar-refractivity contribution is 5.93. The van der Waals surface area contributed by atoms with Gasteiger partial charge in [0.1, 0.15) is 12.1 Å². The Morgan fingerprint density at radius 3 is 2.06 bits per heavy atom. The molecule has 2 fully saturated rings. The van der Waals surface area contributed by atoms with Crippen LogP contribution >= 0.6 is 0 Å². The summed E-state index contributed by atoms with van der Waals surface area (Å²) in [6.07, 6.45) is -1.14. The van der Waals surface area contributed by atoms with Gasteiger partial charge in [-0.1, -0.05) is 27.7 Å². The van der Waals surface area contributed by atoms with Gasteiger partial charge in [-0.25, -0.2) is 0 Å². The highest BCUT2D eigenvalue weighted by Crippen LogP contribution is 2.49. The van der Waals surface area contributed by atoms with Gasteiger partial charge in [0.15, 0.2) is 0 Å². The highest BCUT2D eigenvalue weighted by Gasteiger charge is 2.46. The van der Waals surface area contributed by atoms with Crippen LogP contribution in [0.5, 0.6) is 0 Å². The maximum Gasteiger partial charge on any atom is 0.471 e. The lowest BCUT2D eigenvalue weighted by atomic mass is 9.83. The average Bonchev–Trinajstić information content (AvgIpc) is 3.42. The van der Waals surface area contributed by atoms with Crippen LogP contribution in [0.25, 0.3) is 0 Å². The van der Waals surface area contributed by atoms with Crippen LogP contribution in [0.4, 0.5) is 13.2 Å². The largest absolute Gasteiger partial charge is 0.471 e. The second-order valence-corrected chi connectivity index (χ2v) is 12.6. The molecule has 4 amide bonds. The van der Waals surface area contributed by atoms with E-state index in [1.54, 1.807) is 12.2 Å². The van der Waals surface area contributed by atoms with E-state index in [1.165, 1.54) is 20.8 Å². The summed E-state index contributed by atoms with van der Waals surface area (Å²) in [7, 11) is 0. The lowest BCUT2D eigenvalue weighted by molar-refractivity contribution is -0.175. The predicted molar refractivity (Wildman–Crippen MR) is 128 cm³/mol. The molecule has 0 spiro atoms. The van der Waals surface area contributed by atoms with Crippen molar-refractivity contribution in [1.82, 2.24) is 21.3 Å². The number of amides is 4. The molecule has 8 nitrogen and oxygen atoms in total. The van der Waals surface area contributed by atoms with Gasteiger partial charge in [0.25, 0.3) is 0 Å². The third kappa shape index (κ3) is 8.65. The van der Waals surface area contributed by atoms with E-state index in [0.717, 1.165) is 19.3 Å². The van der Waals surface area contributed by atoms with Crippen molar-refractivity contribution < 1.29 is 32.3 Å². The molecule has 11 heteroatoms. The van der Waals surface area contributed by atoms with Gasteiger partial charge in [0, 0.05) is 17.5 Å². The van der Waals surface area contributed by atoms with Gasteiger partial charge >= 0.3 is 12.1 Å². The summed E-state index contributed by atoms with van der Waals surface area (Å²) in [5, 5.41) is 10.2. The molecular weight excluding hydrogens is 477 g/mol. The van der Waals surface area contributed by atoms with Crippen LogP contribution in [0.2, 0.25) is 0 Å². The van der Waals surface area contributed by atoms with Crippen molar-refractivity contribution in [1.29, 1.82) is 0 Å². The van der Waals surface area contributed by atoms with Crippen LogP contribution in [-0.4, -0.2) is 53.5 Å². The third-order valence-corrected chi connectivity index (χ3v) is 7.07. The van der Waals surface area contributed by atoms with Crippen molar-refractivity contribution in [3.63, 3.8) is 0 Å².